The molecule has 156 valence electrons. The van der Waals surface area contributed by atoms with Crippen molar-refractivity contribution in [2.75, 3.05) is 10.2 Å². The van der Waals surface area contributed by atoms with Crippen LogP contribution < -0.4 is 10.2 Å². The minimum atomic E-state index is -0.347. The molecule has 1 aliphatic rings. The number of hydrogen-bond acceptors (Lipinski definition) is 4. The van der Waals surface area contributed by atoms with Crippen LogP contribution in [0, 0.1) is 6.92 Å². The highest BCUT2D eigenvalue weighted by Gasteiger charge is 2.40. The van der Waals surface area contributed by atoms with E-state index in [9.17, 15) is 9.59 Å². The van der Waals surface area contributed by atoms with Gasteiger partial charge in [0, 0.05) is 10.6 Å². The van der Waals surface area contributed by atoms with Crippen molar-refractivity contribution in [1.82, 2.24) is 0 Å². The summed E-state index contributed by atoms with van der Waals surface area (Å²) in [4.78, 5) is 29.3. The van der Waals surface area contributed by atoms with E-state index in [0.29, 0.717) is 22.2 Å². The second-order valence-electron chi connectivity index (χ2n) is 7.80. The second-order valence-corrected chi connectivity index (χ2v) is 8.89. The zero-order valence-corrected chi connectivity index (χ0v) is 18.6. The van der Waals surface area contributed by atoms with Crippen LogP contribution in [0.2, 0.25) is 0 Å². The van der Waals surface area contributed by atoms with Crippen LogP contribution in [0.15, 0.2) is 94.4 Å². The predicted octanol–water partition coefficient (Wildman–Crippen LogP) is 6.11. The van der Waals surface area contributed by atoms with Crippen LogP contribution in [-0.2, 0) is 9.59 Å². The molecule has 2 amide bonds. The lowest BCUT2D eigenvalue weighted by Gasteiger charge is -2.16. The Bertz CT molecular complexity index is 1130. The first-order chi connectivity index (χ1) is 14.9. The van der Waals surface area contributed by atoms with E-state index >= 15 is 0 Å². The van der Waals surface area contributed by atoms with Crippen LogP contribution in [0.4, 0.5) is 11.4 Å². The monoisotopic (exact) mass is 428 g/mol. The minimum Gasteiger partial charge on any atom is -0.350 e. The molecule has 0 bridgehead atoms. The molecule has 0 fully saturated rings. The summed E-state index contributed by atoms with van der Waals surface area (Å²) in [6, 6.07) is 25.0. The van der Waals surface area contributed by atoms with Crippen LogP contribution in [0.3, 0.4) is 0 Å². The molecule has 0 atom stereocenters. The number of anilines is 2. The van der Waals surface area contributed by atoms with Crippen molar-refractivity contribution in [2.24, 2.45) is 0 Å². The van der Waals surface area contributed by atoms with Gasteiger partial charge in [-0.25, -0.2) is 4.90 Å². The van der Waals surface area contributed by atoms with Gasteiger partial charge >= 0.3 is 0 Å². The lowest BCUT2D eigenvalue weighted by molar-refractivity contribution is -0.120. The summed E-state index contributed by atoms with van der Waals surface area (Å²) in [6.45, 7) is 6.24. The largest absolute Gasteiger partial charge is 0.350 e. The Morgan fingerprint density at radius 1 is 0.806 bits per heavy atom. The maximum atomic E-state index is 13.4. The average Bonchev–Trinajstić information content (AvgIpc) is 3.00. The molecule has 0 radical (unpaired) electrons. The molecule has 31 heavy (non-hydrogen) atoms. The Balaban J connectivity index is 1.71. The highest BCUT2D eigenvalue weighted by molar-refractivity contribution is 8.04. The number of nitrogens with zero attached hydrogens (tertiary/aromatic N) is 1. The molecule has 0 spiro atoms. The van der Waals surface area contributed by atoms with Crippen LogP contribution in [0.1, 0.15) is 30.9 Å². The van der Waals surface area contributed by atoms with E-state index in [-0.39, 0.29) is 11.8 Å². The molecular formula is C26H24N2O2S. The first kappa shape index (κ1) is 20.9. The quantitative estimate of drug-likeness (QED) is 0.482. The molecule has 0 aliphatic carbocycles. The molecule has 0 saturated carbocycles. The number of imide groups is 1. The SMILES string of the molecule is Cc1ccc(SC2=C(Nc3ccccc3)C(=O)N(c3ccc(C(C)C)cc3)C2=O)cc1. The molecule has 5 heteroatoms. The molecule has 1 aliphatic heterocycles. The van der Waals surface area contributed by atoms with E-state index in [1.807, 2.05) is 85.8 Å². The first-order valence-corrected chi connectivity index (χ1v) is 11.1. The Morgan fingerprint density at radius 2 is 1.45 bits per heavy atom. The van der Waals surface area contributed by atoms with Gasteiger partial charge in [0.1, 0.15) is 10.6 Å². The summed E-state index contributed by atoms with van der Waals surface area (Å²) in [7, 11) is 0. The number of aryl methyl sites for hydroxylation is 1. The second kappa shape index (κ2) is 8.82. The summed E-state index contributed by atoms with van der Waals surface area (Å²) in [5, 5.41) is 3.18. The lowest BCUT2D eigenvalue weighted by Crippen LogP contribution is -2.32. The average molecular weight is 429 g/mol. The van der Waals surface area contributed by atoms with Gasteiger partial charge in [0.05, 0.1) is 5.69 Å². The number of benzene rings is 3. The number of nitrogens with one attached hydrogen (secondary N) is 1. The minimum absolute atomic E-state index is 0.301. The number of thioether (sulfide) groups is 1. The molecule has 0 saturated heterocycles. The summed E-state index contributed by atoms with van der Waals surface area (Å²) in [5.74, 6) is -0.285. The van der Waals surface area contributed by atoms with Gasteiger partial charge in [0.25, 0.3) is 11.8 Å². The predicted molar refractivity (Wildman–Crippen MR) is 127 cm³/mol. The smallest absolute Gasteiger partial charge is 0.283 e. The van der Waals surface area contributed by atoms with Crippen molar-refractivity contribution >= 4 is 35.0 Å². The van der Waals surface area contributed by atoms with E-state index in [4.69, 9.17) is 0 Å². The summed E-state index contributed by atoms with van der Waals surface area (Å²) in [6.07, 6.45) is 0. The number of amides is 2. The van der Waals surface area contributed by atoms with Gasteiger partial charge in [-0.05, 0) is 54.8 Å². The maximum Gasteiger partial charge on any atom is 0.283 e. The van der Waals surface area contributed by atoms with E-state index < -0.39 is 0 Å². The van der Waals surface area contributed by atoms with E-state index in [2.05, 4.69) is 19.2 Å². The normalized spacial score (nSPS) is 14.0. The third-order valence-electron chi connectivity index (χ3n) is 5.14. The number of rotatable bonds is 6. The fourth-order valence-electron chi connectivity index (χ4n) is 3.35. The molecule has 0 aromatic heterocycles. The third-order valence-corrected chi connectivity index (χ3v) is 6.23. The van der Waals surface area contributed by atoms with Crippen LogP contribution in [0.25, 0.3) is 0 Å². The molecule has 3 aromatic rings. The maximum absolute atomic E-state index is 13.4. The van der Waals surface area contributed by atoms with E-state index in [1.165, 1.54) is 16.7 Å². The van der Waals surface area contributed by atoms with Crippen molar-refractivity contribution in [1.29, 1.82) is 0 Å². The van der Waals surface area contributed by atoms with Gasteiger partial charge < -0.3 is 5.32 Å². The molecule has 4 rings (SSSR count). The number of para-hydroxylation sites is 1. The number of carbonyl (C=O) groups excluding carboxylic acids is 2. The Morgan fingerprint density at radius 3 is 2.06 bits per heavy atom. The standard InChI is InChI=1S/C26H24N2O2S/c1-17(2)19-11-13-21(14-12-19)28-25(29)23(27-20-7-5-4-6-8-20)24(26(28)30)31-22-15-9-18(3)10-16-22/h4-17,27H,1-3H3. The first-order valence-electron chi connectivity index (χ1n) is 10.2. The van der Waals surface area contributed by atoms with Gasteiger partial charge in [-0.1, -0.05) is 73.6 Å². The summed E-state index contributed by atoms with van der Waals surface area (Å²) >= 11 is 1.31. The zero-order chi connectivity index (χ0) is 22.0. The van der Waals surface area contributed by atoms with Gasteiger partial charge in [0.2, 0.25) is 0 Å². The molecule has 3 aromatic carbocycles. The van der Waals surface area contributed by atoms with Gasteiger partial charge in [-0.15, -0.1) is 0 Å². The molecule has 1 heterocycles. The van der Waals surface area contributed by atoms with Crippen molar-refractivity contribution in [2.45, 2.75) is 31.6 Å². The van der Waals surface area contributed by atoms with Gasteiger partial charge in [-0.3, -0.25) is 9.59 Å². The van der Waals surface area contributed by atoms with Crippen molar-refractivity contribution in [3.8, 4) is 0 Å². The zero-order valence-electron chi connectivity index (χ0n) is 17.8. The highest BCUT2D eigenvalue weighted by Crippen LogP contribution is 2.38. The Kier molecular flexibility index (Phi) is 5.96. The van der Waals surface area contributed by atoms with Crippen LogP contribution >= 0.6 is 11.8 Å². The van der Waals surface area contributed by atoms with Crippen LogP contribution in [-0.4, -0.2) is 11.8 Å². The fraction of sp³-hybridized carbons (Fsp3) is 0.154. The van der Waals surface area contributed by atoms with E-state index in [1.54, 1.807) is 0 Å². The van der Waals surface area contributed by atoms with Crippen LogP contribution in [0.5, 0.6) is 0 Å². The van der Waals surface area contributed by atoms with Crippen molar-refractivity contribution in [3.63, 3.8) is 0 Å². The lowest BCUT2D eigenvalue weighted by atomic mass is 10.0. The van der Waals surface area contributed by atoms with Crippen molar-refractivity contribution < 1.29 is 9.59 Å². The van der Waals surface area contributed by atoms with Crippen molar-refractivity contribution in [3.05, 3.63) is 101 Å². The molecular weight excluding hydrogens is 404 g/mol. The fourth-order valence-corrected chi connectivity index (χ4v) is 4.27. The topological polar surface area (TPSA) is 49.4 Å². The highest BCUT2D eigenvalue weighted by atomic mass is 32.2. The summed E-state index contributed by atoms with van der Waals surface area (Å²) in [5.41, 5.74) is 3.94. The molecule has 4 nitrogen and oxygen atoms in total. The Labute approximate surface area is 187 Å². The van der Waals surface area contributed by atoms with Gasteiger partial charge in [0.15, 0.2) is 0 Å². The molecule has 0 unspecified atom stereocenters. The number of carbonyl (C=O) groups is 2. The number of hydrogen-bond donors (Lipinski definition) is 1. The van der Waals surface area contributed by atoms with E-state index in [0.717, 1.165) is 21.7 Å². The molecule has 1 N–H and O–H groups in total. The summed E-state index contributed by atoms with van der Waals surface area (Å²) < 4.78 is 0. The van der Waals surface area contributed by atoms with Gasteiger partial charge in [-0.2, -0.15) is 0 Å². The Hall–Kier alpha value is -3.31. The third kappa shape index (κ3) is 4.42.